The van der Waals surface area contributed by atoms with Crippen LogP contribution in [-0.4, -0.2) is 27.2 Å². The maximum absolute atomic E-state index is 13.5. The average Bonchev–Trinajstić information content (AvgIpc) is 2.31. The van der Waals surface area contributed by atoms with E-state index in [1.54, 1.807) is 0 Å². The molecule has 0 heterocycles. The highest BCUT2D eigenvalue weighted by Crippen LogP contribution is 2.16. The molecule has 0 saturated carbocycles. The molecule has 0 atom stereocenters. The lowest BCUT2D eigenvalue weighted by atomic mass is 10.1. The molecule has 0 bridgehead atoms. The van der Waals surface area contributed by atoms with Gasteiger partial charge >= 0.3 is 5.97 Å². The average molecular weight is 260 g/mol. The van der Waals surface area contributed by atoms with Crippen LogP contribution in [0, 0.1) is 5.82 Å². The van der Waals surface area contributed by atoms with Gasteiger partial charge in [0, 0.05) is 0 Å². The van der Waals surface area contributed by atoms with Crippen LogP contribution in [0.5, 0.6) is 0 Å². The van der Waals surface area contributed by atoms with Gasteiger partial charge in [0.25, 0.3) is 0 Å². The summed E-state index contributed by atoms with van der Waals surface area (Å²) < 4.78 is 40.9. The molecule has 0 unspecified atom stereocenters. The molecule has 6 heteroatoms. The van der Waals surface area contributed by atoms with Crippen molar-refractivity contribution in [3.8, 4) is 0 Å². The molecular weight excluding hydrogens is 247 g/mol. The van der Waals surface area contributed by atoms with Gasteiger partial charge < -0.3 is 4.74 Å². The lowest BCUT2D eigenvalue weighted by Gasteiger charge is -2.05. The summed E-state index contributed by atoms with van der Waals surface area (Å²) in [6.45, 7) is 1.48. The molecule has 0 N–H and O–H groups in total. The van der Waals surface area contributed by atoms with Crippen molar-refractivity contribution in [2.24, 2.45) is 0 Å². The molecule has 17 heavy (non-hydrogen) atoms. The van der Waals surface area contributed by atoms with Gasteiger partial charge in [0.15, 0.2) is 9.84 Å². The number of benzene rings is 1. The Hall–Kier alpha value is -1.43. The van der Waals surface area contributed by atoms with Crippen LogP contribution in [0.1, 0.15) is 12.5 Å². The zero-order valence-corrected chi connectivity index (χ0v) is 10.4. The van der Waals surface area contributed by atoms with Crippen LogP contribution >= 0.6 is 0 Å². The Labute approximate surface area is 99.3 Å². The van der Waals surface area contributed by atoms with Crippen LogP contribution < -0.4 is 0 Å². The van der Waals surface area contributed by atoms with E-state index in [-0.39, 0.29) is 22.6 Å². The summed E-state index contributed by atoms with van der Waals surface area (Å²) in [7, 11) is -2.22. The van der Waals surface area contributed by atoms with Crippen molar-refractivity contribution in [3.63, 3.8) is 0 Å². The van der Waals surface area contributed by atoms with E-state index in [1.165, 1.54) is 26.2 Å². The number of hydrogen-bond acceptors (Lipinski definition) is 4. The zero-order chi connectivity index (χ0) is 13.1. The monoisotopic (exact) mass is 260 g/mol. The summed E-state index contributed by atoms with van der Waals surface area (Å²) in [4.78, 5) is 10.9. The largest absolute Gasteiger partial charge is 0.469 e. The minimum absolute atomic E-state index is 0.0777. The predicted molar refractivity (Wildman–Crippen MR) is 59.8 cm³/mol. The fourth-order valence-electron chi connectivity index (χ4n) is 1.26. The van der Waals surface area contributed by atoms with E-state index >= 15 is 0 Å². The number of methoxy groups -OCH3 is 1. The molecule has 1 aromatic carbocycles. The Bertz CT molecular complexity index is 522. The first-order chi connectivity index (χ1) is 7.90. The highest BCUT2D eigenvalue weighted by Gasteiger charge is 2.15. The Morgan fingerprint density at radius 2 is 2.06 bits per heavy atom. The third kappa shape index (κ3) is 3.26. The molecular formula is C11H13FO4S. The molecule has 0 aromatic heterocycles. The Kier molecular flexibility index (Phi) is 4.22. The van der Waals surface area contributed by atoms with Crippen LogP contribution in [0.4, 0.5) is 4.39 Å². The van der Waals surface area contributed by atoms with Crippen LogP contribution in [-0.2, 0) is 25.8 Å². The van der Waals surface area contributed by atoms with E-state index in [4.69, 9.17) is 0 Å². The zero-order valence-electron chi connectivity index (χ0n) is 9.57. The van der Waals surface area contributed by atoms with Gasteiger partial charge in [-0.05, 0) is 17.7 Å². The van der Waals surface area contributed by atoms with E-state index in [1.807, 2.05) is 0 Å². The van der Waals surface area contributed by atoms with Gasteiger partial charge in [-0.3, -0.25) is 4.79 Å². The molecule has 1 aromatic rings. The molecule has 0 amide bonds. The third-order valence-corrected chi connectivity index (χ3v) is 4.06. The van der Waals surface area contributed by atoms with Gasteiger partial charge in [0.2, 0.25) is 0 Å². The minimum atomic E-state index is -3.43. The van der Waals surface area contributed by atoms with E-state index in [0.717, 1.165) is 6.07 Å². The molecule has 1 rings (SSSR count). The maximum atomic E-state index is 13.5. The van der Waals surface area contributed by atoms with Crippen molar-refractivity contribution >= 4 is 15.8 Å². The molecule has 94 valence electrons. The number of carbonyl (C=O) groups excluding carboxylic acids is 1. The molecule has 4 nitrogen and oxygen atoms in total. The third-order valence-electron chi connectivity index (χ3n) is 2.33. The second-order valence-corrected chi connectivity index (χ2v) is 5.69. The van der Waals surface area contributed by atoms with Crippen molar-refractivity contribution in [1.29, 1.82) is 0 Å². The number of carbonyl (C=O) groups is 1. The summed E-state index contributed by atoms with van der Waals surface area (Å²) in [6.07, 6.45) is -0.214. The van der Waals surface area contributed by atoms with Gasteiger partial charge in [-0.15, -0.1) is 0 Å². The number of esters is 1. The Morgan fingerprint density at radius 3 is 2.53 bits per heavy atom. The minimum Gasteiger partial charge on any atom is -0.469 e. The molecule has 0 aliphatic heterocycles. The first kappa shape index (κ1) is 13.6. The highest BCUT2D eigenvalue weighted by atomic mass is 32.2. The fraction of sp³-hybridized carbons (Fsp3) is 0.364. The summed E-state index contributed by atoms with van der Waals surface area (Å²) in [6, 6.07) is 3.51. The highest BCUT2D eigenvalue weighted by molar-refractivity contribution is 7.91. The lowest BCUT2D eigenvalue weighted by Crippen LogP contribution is -2.08. The number of sulfone groups is 1. The van der Waals surface area contributed by atoms with Gasteiger partial charge in [-0.1, -0.05) is 13.0 Å². The first-order valence-corrected chi connectivity index (χ1v) is 6.64. The van der Waals surface area contributed by atoms with Gasteiger partial charge in [-0.2, -0.15) is 0 Å². The van der Waals surface area contributed by atoms with E-state index in [0.29, 0.717) is 0 Å². The van der Waals surface area contributed by atoms with Gasteiger partial charge in [0.1, 0.15) is 5.82 Å². The maximum Gasteiger partial charge on any atom is 0.310 e. The lowest BCUT2D eigenvalue weighted by molar-refractivity contribution is -0.139. The predicted octanol–water partition coefficient (Wildman–Crippen LogP) is 1.33. The second kappa shape index (κ2) is 5.27. The standard InChI is InChI=1S/C11H13FO4S/c1-3-17(14,15)9-5-4-8(10(12)7-9)6-11(13)16-2/h4-5,7H,3,6H2,1-2H3. The van der Waals surface area contributed by atoms with Crippen LogP contribution in [0.25, 0.3) is 0 Å². The molecule has 0 aliphatic carbocycles. The van der Waals surface area contributed by atoms with Gasteiger partial charge in [-0.25, -0.2) is 12.8 Å². The van der Waals surface area contributed by atoms with Crippen molar-refractivity contribution in [1.82, 2.24) is 0 Å². The fourth-order valence-corrected chi connectivity index (χ4v) is 2.15. The SMILES string of the molecule is CCS(=O)(=O)c1ccc(CC(=O)OC)c(F)c1. The van der Waals surface area contributed by atoms with Crippen molar-refractivity contribution in [3.05, 3.63) is 29.6 Å². The van der Waals surface area contributed by atoms with Crippen molar-refractivity contribution < 1.29 is 22.3 Å². The van der Waals surface area contributed by atoms with E-state index in [2.05, 4.69) is 4.74 Å². The smallest absolute Gasteiger partial charge is 0.310 e. The molecule has 0 aliphatic rings. The van der Waals surface area contributed by atoms with Crippen LogP contribution in [0.3, 0.4) is 0 Å². The number of hydrogen-bond donors (Lipinski definition) is 0. The van der Waals surface area contributed by atoms with Crippen LogP contribution in [0.15, 0.2) is 23.1 Å². The summed E-state index contributed by atoms with van der Waals surface area (Å²) in [5, 5.41) is 0. The van der Waals surface area contributed by atoms with Crippen molar-refractivity contribution in [2.45, 2.75) is 18.2 Å². The van der Waals surface area contributed by atoms with Gasteiger partial charge in [0.05, 0.1) is 24.2 Å². The normalized spacial score (nSPS) is 11.2. The first-order valence-electron chi connectivity index (χ1n) is 4.98. The molecule has 0 saturated heterocycles. The Morgan fingerprint density at radius 1 is 1.41 bits per heavy atom. The van der Waals surface area contributed by atoms with E-state index < -0.39 is 21.6 Å². The van der Waals surface area contributed by atoms with E-state index in [9.17, 15) is 17.6 Å². The summed E-state index contributed by atoms with van der Waals surface area (Å²) in [5.41, 5.74) is 0.118. The second-order valence-electron chi connectivity index (χ2n) is 3.41. The summed E-state index contributed by atoms with van der Waals surface area (Å²) in [5.74, 6) is -1.39. The number of rotatable bonds is 4. The Balaban J connectivity index is 3.06. The molecule has 0 radical (unpaired) electrons. The van der Waals surface area contributed by atoms with Crippen LogP contribution in [0.2, 0.25) is 0 Å². The summed E-state index contributed by atoms with van der Waals surface area (Å²) >= 11 is 0. The molecule has 0 spiro atoms. The number of ether oxygens (including phenoxy) is 1. The van der Waals surface area contributed by atoms with Crippen molar-refractivity contribution in [2.75, 3.05) is 12.9 Å². The quantitative estimate of drug-likeness (QED) is 0.766. The molecule has 0 fully saturated rings. The number of halogens is 1. The topological polar surface area (TPSA) is 60.4 Å².